The molecule has 0 saturated carbocycles. The van der Waals surface area contributed by atoms with Gasteiger partial charge in [-0.15, -0.1) is 0 Å². The van der Waals surface area contributed by atoms with Crippen LogP contribution >= 0.6 is 0 Å². The quantitative estimate of drug-likeness (QED) is 0.0670. The smallest absolute Gasteiger partial charge is 0.311 e. The van der Waals surface area contributed by atoms with E-state index < -0.39 is 29.2 Å². The summed E-state index contributed by atoms with van der Waals surface area (Å²) in [5, 5.41) is 8.24. The highest BCUT2D eigenvalue weighted by Crippen LogP contribution is 2.18. The highest BCUT2D eigenvalue weighted by molar-refractivity contribution is 6.13. The molecule has 3 N–H and O–H groups in total. The fourth-order valence-corrected chi connectivity index (χ4v) is 4.84. The molecule has 0 aromatic heterocycles. The van der Waals surface area contributed by atoms with Gasteiger partial charge in [0.25, 0.3) is 11.8 Å². The Kier molecular flexibility index (Phi) is 21.0. The van der Waals surface area contributed by atoms with E-state index in [1.807, 2.05) is 13.8 Å². The molecule has 1 aliphatic rings. The number of amides is 5. The summed E-state index contributed by atoms with van der Waals surface area (Å²) in [6, 6.07) is 6.17. The second kappa shape index (κ2) is 24.8. The van der Waals surface area contributed by atoms with Crippen molar-refractivity contribution in [2.45, 2.75) is 73.5 Å². The lowest BCUT2D eigenvalue weighted by Gasteiger charge is -2.23. The van der Waals surface area contributed by atoms with Crippen molar-refractivity contribution in [1.29, 1.82) is 0 Å². The van der Waals surface area contributed by atoms with E-state index in [1.54, 1.807) is 52.0 Å². The van der Waals surface area contributed by atoms with Crippen LogP contribution in [0.25, 0.3) is 0 Å². The highest BCUT2D eigenvalue weighted by Gasteiger charge is 2.28. The summed E-state index contributed by atoms with van der Waals surface area (Å²) in [5.41, 5.74) is 0.728. The maximum Gasteiger partial charge on any atom is 0.311 e. The summed E-state index contributed by atoms with van der Waals surface area (Å²) in [4.78, 5) is 86.3. The van der Waals surface area contributed by atoms with E-state index in [0.717, 1.165) is 10.5 Å². The highest BCUT2D eigenvalue weighted by atomic mass is 16.6. The van der Waals surface area contributed by atoms with Gasteiger partial charge in [0.15, 0.2) is 5.78 Å². The molecular formula is C39H58N4O12. The minimum absolute atomic E-state index is 0.0225. The van der Waals surface area contributed by atoms with E-state index in [9.17, 15) is 33.6 Å². The van der Waals surface area contributed by atoms with E-state index in [-0.39, 0.29) is 87.6 Å². The third kappa shape index (κ3) is 19.1. The average Bonchev–Trinajstić information content (AvgIpc) is 3.45. The van der Waals surface area contributed by atoms with Crippen molar-refractivity contribution in [3.63, 3.8) is 0 Å². The van der Waals surface area contributed by atoms with Gasteiger partial charge in [-0.2, -0.15) is 0 Å². The Morgan fingerprint density at radius 1 is 0.727 bits per heavy atom. The minimum atomic E-state index is -0.747. The first-order valence-corrected chi connectivity index (χ1v) is 18.6. The second-order valence-corrected chi connectivity index (χ2v) is 14.3. The molecule has 5 amide bonds. The molecule has 16 heteroatoms. The van der Waals surface area contributed by atoms with Crippen molar-refractivity contribution < 1.29 is 57.2 Å². The Morgan fingerprint density at radius 2 is 1.27 bits per heavy atom. The van der Waals surface area contributed by atoms with Gasteiger partial charge in [0.05, 0.1) is 64.3 Å². The van der Waals surface area contributed by atoms with Crippen LogP contribution in [0.1, 0.15) is 66.4 Å². The predicted octanol–water partition coefficient (Wildman–Crippen LogP) is 2.34. The number of imide groups is 1. The molecule has 0 bridgehead atoms. The number of rotatable bonds is 27. The van der Waals surface area contributed by atoms with Gasteiger partial charge >= 0.3 is 5.97 Å². The van der Waals surface area contributed by atoms with Crippen LogP contribution in [-0.2, 0) is 63.9 Å². The number of carbonyl (C=O) groups is 7. The molecule has 0 saturated heterocycles. The molecule has 0 fully saturated rings. The Hall–Kier alpha value is -4.51. The first-order valence-electron chi connectivity index (χ1n) is 18.6. The predicted molar refractivity (Wildman–Crippen MR) is 201 cm³/mol. The molecule has 0 spiro atoms. The zero-order valence-corrected chi connectivity index (χ0v) is 32.9. The Balaban J connectivity index is 1.49. The topological polar surface area (TPSA) is 205 Å². The lowest BCUT2D eigenvalue weighted by molar-refractivity contribution is -0.154. The van der Waals surface area contributed by atoms with Crippen LogP contribution in [0.15, 0.2) is 36.4 Å². The summed E-state index contributed by atoms with van der Waals surface area (Å²) in [7, 11) is 0. The first-order chi connectivity index (χ1) is 26.1. The number of nitrogens with one attached hydrogen (secondary N) is 3. The molecule has 16 nitrogen and oxygen atoms in total. The molecule has 1 heterocycles. The fourth-order valence-electron chi connectivity index (χ4n) is 4.84. The number of esters is 1. The van der Waals surface area contributed by atoms with Crippen LogP contribution in [0.5, 0.6) is 0 Å². The molecule has 306 valence electrons. The Bertz CT molecular complexity index is 1440. The van der Waals surface area contributed by atoms with Gasteiger partial charge in [-0.3, -0.25) is 38.5 Å². The largest absolute Gasteiger partial charge is 0.460 e. The molecule has 0 aliphatic carbocycles. The lowest BCUT2D eigenvalue weighted by atomic mass is 9.92. The number of nitrogens with zero attached hydrogens (tertiary/aromatic N) is 1. The summed E-state index contributed by atoms with van der Waals surface area (Å²) < 4.78 is 27.1. The first kappa shape index (κ1) is 46.6. The molecule has 0 unspecified atom stereocenters. The maximum atomic E-state index is 13.1. The van der Waals surface area contributed by atoms with Crippen molar-refractivity contribution in [2.24, 2.45) is 17.3 Å². The number of benzene rings is 1. The molecule has 2 atom stereocenters. The average molecular weight is 775 g/mol. The molecule has 1 aromatic rings. The van der Waals surface area contributed by atoms with Crippen LogP contribution < -0.4 is 16.0 Å². The third-order valence-corrected chi connectivity index (χ3v) is 8.11. The van der Waals surface area contributed by atoms with Crippen molar-refractivity contribution in [3.05, 3.63) is 42.0 Å². The van der Waals surface area contributed by atoms with Gasteiger partial charge in [-0.05, 0) is 44.4 Å². The van der Waals surface area contributed by atoms with E-state index in [1.165, 1.54) is 12.2 Å². The number of hydrogen-bond donors (Lipinski definition) is 3. The number of anilines is 1. The second-order valence-electron chi connectivity index (χ2n) is 14.3. The van der Waals surface area contributed by atoms with Crippen LogP contribution in [-0.4, -0.2) is 118 Å². The van der Waals surface area contributed by atoms with Gasteiger partial charge in [-0.25, -0.2) is 0 Å². The van der Waals surface area contributed by atoms with Crippen LogP contribution in [0.3, 0.4) is 0 Å². The zero-order valence-electron chi connectivity index (χ0n) is 32.9. The fraction of sp³-hybridized carbons (Fsp3) is 0.615. The number of ether oxygens (including phenoxy) is 5. The molecule has 0 radical (unpaired) electrons. The normalized spacial score (nSPS) is 13.8. The van der Waals surface area contributed by atoms with Crippen molar-refractivity contribution >= 4 is 47.0 Å². The van der Waals surface area contributed by atoms with Gasteiger partial charge < -0.3 is 39.6 Å². The number of Topliss-reactive ketones (excluding diaryl/α,β-unsaturated/α-hetero) is 1. The zero-order chi connectivity index (χ0) is 40.8. The maximum absolute atomic E-state index is 13.1. The summed E-state index contributed by atoms with van der Waals surface area (Å²) in [5.74, 6) is -3.14. The van der Waals surface area contributed by atoms with Gasteiger partial charge in [0, 0.05) is 56.1 Å². The lowest BCUT2D eigenvalue weighted by Crippen LogP contribution is -2.45. The summed E-state index contributed by atoms with van der Waals surface area (Å²) in [6.45, 7) is 13.5. The number of carbonyl (C=O) groups excluding carboxylic acids is 7. The van der Waals surface area contributed by atoms with Crippen molar-refractivity contribution in [3.8, 4) is 0 Å². The Labute approximate surface area is 323 Å². The number of hydrogen-bond acceptors (Lipinski definition) is 12. The van der Waals surface area contributed by atoms with E-state index >= 15 is 0 Å². The molecule has 1 aliphatic heterocycles. The minimum Gasteiger partial charge on any atom is -0.460 e. The van der Waals surface area contributed by atoms with E-state index in [0.29, 0.717) is 45.3 Å². The van der Waals surface area contributed by atoms with Crippen molar-refractivity contribution in [2.75, 3.05) is 71.3 Å². The molecule has 55 heavy (non-hydrogen) atoms. The molecule has 1 aromatic carbocycles. The molecular weight excluding hydrogens is 716 g/mol. The van der Waals surface area contributed by atoms with Crippen molar-refractivity contribution in [1.82, 2.24) is 15.5 Å². The molecule has 2 rings (SSSR count). The standard InChI is InChI=1S/C39H58N4O12/c1-27(2)36(31(44)25-28(3)37(49)41-30-9-7-29(8-10-30)26-55-38(50)39(4,5)6)42-33(46)14-17-51-19-21-53-23-24-54-22-20-52-18-15-40-32(45)13-16-43-34(47)11-12-35(43)48/h7-12,27-28,36H,13-26H2,1-6H3,(H,40,45)(H,41,49)(H,42,46)/t28-,36+/m0/s1. The SMILES string of the molecule is CC(C)[C@@H](NC(=O)CCOCCOCCOCCOCCNC(=O)CCN1C(=O)C=CC1=O)C(=O)C[C@H](C)C(=O)Nc1ccc(COC(=O)C(C)(C)C)cc1. The van der Waals surface area contributed by atoms with Gasteiger partial charge in [0.1, 0.15) is 6.61 Å². The summed E-state index contributed by atoms with van der Waals surface area (Å²) >= 11 is 0. The Morgan fingerprint density at radius 3 is 1.82 bits per heavy atom. The van der Waals surface area contributed by atoms with Gasteiger partial charge in [0.2, 0.25) is 17.7 Å². The van der Waals surface area contributed by atoms with Crippen LogP contribution in [0.2, 0.25) is 0 Å². The van der Waals surface area contributed by atoms with Gasteiger partial charge in [-0.1, -0.05) is 32.9 Å². The van der Waals surface area contributed by atoms with E-state index in [4.69, 9.17) is 23.7 Å². The number of ketones is 1. The van der Waals surface area contributed by atoms with Crippen LogP contribution in [0, 0.1) is 17.3 Å². The van der Waals surface area contributed by atoms with E-state index in [2.05, 4.69) is 16.0 Å². The van der Waals surface area contributed by atoms with Crippen LogP contribution in [0.4, 0.5) is 5.69 Å². The summed E-state index contributed by atoms with van der Waals surface area (Å²) in [6.07, 6.45) is 2.39. The third-order valence-electron chi connectivity index (χ3n) is 8.11. The monoisotopic (exact) mass is 774 g/mol.